The lowest BCUT2D eigenvalue weighted by atomic mass is 9.80. The van der Waals surface area contributed by atoms with E-state index in [9.17, 15) is 30.7 Å². The van der Waals surface area contributed by atoms with E-state index in [0.717, 1.165) is 49.9 Å². The molecule has 4 rings (SSSR count). The van der Waals surface area contributed by atoms with Gasteiger partial charge in [0, 0.05) is 7.11 Å². The molecule has 0 N–H and O–H groups in total. The average molecular weight is 593 g/mol. The van der Waals surface area contributed by atoms with Gasteiger partial charge in [0.2, 0.25) is 5.82 Å². The number of hydrogen-bond acceptors (Lipinski definition) is 6. The summed E-state index contributed by atoms with van der Waals surface area (Å²) in [6, 6.07) is 3.25. The second kappa shape index (κ2) is 12.8. The zero-order chi connectivity index (χ0) is 29.7. The predicted molar refractivity (Wildman–Crippen MR) is 133 cm³/mol. The van der Waals surface area contributed by atoms with E-state index in [-0.39, 0.29) is 18.8 Å². The van der Waals surface area contributed by atoms with E-state index in [1.807, 2.05) is 0 Å². The third kappa shape index (κ3) is 8.95. The maximum atomic E-state index is 14.9. The van der Waals surface area contributed by atoms with Crippen LogP contribution in [0.4, 0.5) is 30.7 Å². The molecule has 6 nitrogen and oxygen atoms in total. The summed E-state index contributed by atoms with van der Waals surface area (Å²) in [5, 5.41) is 0. The third-order valence-electron chi connectivity index (χ3n) is 7.40. The first kappa shape index (κ1) is 30.9. The number of aromatic nitrogens is 2. The highest BCUT2D eigenvalue weighted by Crippen LogP contribution is 2.41. The molecule has 0 spiro atoms. The number of rotatable bonds is 10. The number of alkyl halides is 7. The van der Waals surface area contributed by atoms with Gasteiger partial charge in [-0.15, -0.1) is 13.2 Å². The minimum Gasteiger partial charge on any atom is -0.429 e. The molecule has 0 radical (unpaired) electrons. The Morgan fingerprint density at radius 1 is 0.659 bits per heavy atom. The SMILES string of the molecule is COC1CCC(/C=C/C2CCC(C(F)(F)Oc3cnc(C(F)(F)Oc4ccc(OC(F)(F)F)cc4)nc3)CC2)CC1. The van der Waals surface area contributed by atoms with Gasteiger partial charge in [0.15, 0.2) is 5.75 Å². The summed E-state index contributed by atoms with van der Waals surface area (Å²) in [6.45, 7) is 0. The summed E-state index contributed by atoms with van der Waals surface area (Å²) in [6.07, 6.45) is -0.691. The van der Waals surface area contributed by atoms with Crippen molar-refractivity contribution in [3.05, 3.63) is 54.6 Å². The predicted octanol–water partition coefficient (Wildman–Crippen LogP) is 8.04. The number of allylic oxidation sites excluding steroid dienone is 2. The van der Waals surface area contributed by atoms with Gasteiger partial charge in [-0.2, -0.15) is 17.6 Å². The van der Waals surface area contributed by atoms with Gasteiger partial charge < -0.3 is 18.9 Å². The molecule has 1 heterocycles. The normalized spacial score (nSPS) is 24.3. The Morgan fingerprint density at radius 2 is 1.15 bits per heavy atom. The standard InChI is InChI=1S/C28H31F7N2O4/c1-38-21-10-6-19(7-11-21)3-2-18-4-8-20(9-5-18)26(29,30)40-24-16-36-25(37-17-24)27(31,32)39-22-12-14-23(15-13-22)41-28(33,34)35/h2-3,12-21H,4-11H2,1H3/b3-2+. The molecule has 13 heteroatoms. The van der Waals surface area contributed by atoms with Gasteiger partial charge in [0.05, 0.1) is 24.4 Å². The number of nitrogens with zero attached hydrogens (tertiary/aromatic N) is 2. The Labute approximate surface area is 232 Å². The Hall–Kier alpha value is -3.09. The topological polar surface area (TPSA) is 62.7 Å². The van der Waals surface area contributed by atoms with Crippen molar-refractivity contribution in [3.63, 3.8) is 0 Å². The molecule has 226 valence electrons. The van der Waals surface area contributed by atoms with Crippen LogP contribution in [-0.2, 0) is 10.8 Å². The van der Waals surface area contributed by atoms with Gasteiger partial charge in [0.25, 0.3) is 0 Å². The van der Waals surface area contributed by atoms with Crippen LogP contribution >= 0.6 is 0 Å². The summed E-state index contributed by atoms with van der Waals surface area (Å²) in [5.41, 5.74) is 0. The molecule has 0 aliphatic heterocycles. The minimum absolute atomic E-state index is 0.223. The Balaban J connectivity index is 1.26. The summed E-state index contributed by atoms with van der Waals surface area (Å²) < 4.78 is 114. The van der Waals surface area contributed by atoms with Crippen LogP contribution in [0, 0.1) is 17.8 Å². The molecular weight excluding hydrogens is 561 g/mol. The fraction of sp³-hybridized carbons (Fsp3) is 0.571. The van der Waals surface area contributed by atoms with Crippen molar-refractivity contribution >= 4 is 0 Å². The lowest BCUT2D eigenvalue weighted by molar-refractivity contribution is -0.274. The molecule has 1 aromatic heterocycles. The largest absolute Gasteiger partial charge is 0.573 e. The van der Waals surface area contributed by atoms with E-state index >= 15 is 0 Å². The Kier molecular flexibility index (Phi) is 9.66. The molecular formula is C28H31F7N2O4. The molecule has 0 saturated heterocycles. The van der Waals surface area contributed by atoms with Gasteiger partial charge in [0.1, 0.15) is 11.5 Å². The molecule has 2 aliphatic carbocycles. The van der Waals surface area contributed by atoms with Crippen LogP contribution in [0.25, 0.3) is 0 Å². The second-order valence-corrected chi connectivity index (χ2v) is 10.3. The van der Waals surface area contributed by atoms with Crippen LogP contribution in [0.3, 0.4) is 0 Å². The van der Waals surface area contributed by atoms with E-state index in [2.05, 4.69) is 31.6 Å². The van der Waals surface area contributed by atoms with Crippen molar-refractivity contribution in [2.24, 2.45) is 17.8 Å². The van der Waals surface area contributed by atoms with Gasteiger partial charge in [-0.05, 0) is 87.5 Å². The maximum absolute atomic E-state index is 14.9. The van der Waals surface area contributed by atoms with Crippen molar-refractivity contribution < 1.29 is 49.7 Å². The monoisotopic (exact) mass is 592 g/mol. The molecule has 2 saturated carbocycles. The average Bonchev–Trinajstić information content (AvgIpc) is 2.93. The Bertz CT molecular complexity index is 1130. The van der Waals surface area contributed by atoms with Crippen molar-refractivity contribution in [2.75, 3.05) is 7.11 Å². The molecule has 0 unspecified atom stereocenters. The van der Waals surface area contributed by atoms with Gasteiger partial charge >= 0.3 is 18.6 Å². The van der Waals surface area contributed by atoms with Crippen LogP contribution in [0.5, 0.6) is 17.2 Å². The van der Waals surface area contributed by atoms with Crippen LogP contribution in [0.2, 0.25) is 0 Å². The zero-order valence-corrected chi connectivity index (χ0v) is 22.3. The van der Waals surface area contributed by atoms with Crippen molar-refractivity contribution in [2.45, 2.75) is 76.1 Å². The highest BCUT2D eigenvalue weighted by molar-refractivity contribution is 5.31. The van der Waals surface area contributed by atoms with Gasteiger partial charge in [-0.3, -0.25) is 0 Å². The number of methoxy groups -OCH3 is 1. The van der Waals surface area contributed by atoms with Crippen molar-refractivity contribution in [3.8, 4) is 17.2 Å². The number of halogens is 7. The lowest BCUT2D eigenvalue weighted by Gasteiger charge is -2.32. The molecule has 2 aromatic rings. The number of benzene rings is 1. The zero-order valence-electron chi connectivity index (χ0n) is 22.3. The first-order valence-corrected chi connectivity index (χ1v) is 13.4. The van der Waals surface area contributed by atoms with Crippen molar-refractivity contribution in [1.29, 1.82) is 0 Å². The number of hydrogen-bond donors (Lipinski definition) is 0. The molecule has 0 bridgehead atoms. The third-order valence-corrected chi connectivity index (χ3v) is 7.40. The fourth-order valence-corrected chi connectivity index (χ4v) is 5.14. The molecule has 0 atom stereocenters. The fourth-order valence-electron chi connectivity index (χ4n) is 5.14. The lowest BCUT2D eigenvalue weighted by Crippen LogP contribution is -2.37. The summed E-state index contributed by atoms with van der Waals surface area (Å²) in [4.78, 5) is 6.80. The van der Waals surface area contributed by atoms with E-state index in [4.69, 9.17) is 9.47 Å². The van der Waals surface area contributed by atoms with E-state index in [1.165, 1.54) is 0 Å². The molecule has 2 fully saturated rings. The van der Waals surface area contributed by atoms with Crippen LogP contribution in [-0.4, -0.2) is 35.7 Å². The quantitative estimate of drug-likeness (QED) is 0.206. The van der Waals surface area contributed by atoms with Gasteiger partial charge in [-0.25, -0.2) is 9.97 Å². The summed E-state index contributed by atoms with van der Waals surface area (Å²) in [7, 11) is 1.73. The minimum atomic E-state index is -4.94. The second-order valence-electron chi connectivity index (χ2n) is 10.3. The highest BCUT2D eigenvalue weighted by atomic mass is 19.4. The van der Waals surface area contributed by atoms with Crippen LogP contribution < -0.4 is 14.2 Å². The molecule has 41 heavy (non-hydrogen) atoms. The van der Waals surface area contributed by atoms with Gasteiger partial charge in [-0.1, -0.05) is 12.2 Å². The number of ether oxygens (including phenoxy) is 4. The van der Waals surface area contributed by atoms with Crippen LogP contribution in [0.15, 0.2) is 48.8 Å². The first-order chi connectivity index (χ1) is 19.3. The Morgan fingerprint density at radius 3 is 1.63 bits per heavy atom. The smallest absolute Gasteiger partial charge is 0.429 e. The molecule has 0 amide bonds. The summed E-state index contributed by atoms with van der Waals surface area (Å²) in [5.74, 6) is -3.09. The molecule has 2 aliphatic rings. The van der Waals surface area contributed by atoms with Crippen LogP contribution in [0.1, 0.15) is 57.2 Å². The van der Waals surface area contributed by atoms with E-state index in [0.29, 0.717) is 37.3 Å². The van der Waals surface area contributed by atoms with Crippen molar-refractivity contribution in [1.82, 2.24) is 9.97 Å². The van der Waals surface area contributed by atoms with E-state index in [1.54, 1.807) is 7.11 Å². The summed E-state index contributed by atoms with van der Waals surface area (Å²) >= 11 is 0. The first-order valence-electron chi connectivity index (χ1n) is 13.4. The maximum Gasteiger partial charge on any atom is 0.573 e. The van der Waals surface area contributed by atoms with E-state index < -0.39 is 47.6 Å². The molecule has 1 aromatic carbocycles. The highest BCUT2D eigenvalue weighted by Gasteiger charge is 2.44.